The first kappa shape index (κ1) is 12.4. The molecule has 0 fully saturated rings. The maximum atomic E-state index is 11.3. The fraction of sp³-hybridized carbons (Fsp3) is 0.889. The fourth-order valence-electron chi connectivity index (χ4n) is 0.769. The van der Waals surface area contributed by atoms with Gasteiger partial charge in [-0.1, -0.05) is 13.8 Å². The summed E-state index contributed by atoms with van der Waals surface area (Å²) in [6, 6.07) is 0. The van der Waals surface area contributed by atoms with Crippen molar-refractivity contribution < 1.29 is 9.53 Å². The molecule has 0 aromatic heterocycles. The molecule has 1 amide bonds. The van der Waals surface area contributed by atoms with Crippen LogP contribution in [0, 0.1) is 5.92 Å². The van der Waals surface area contributed by atoms with Crippen LogP contribution in [0.2, 0.25) is 0 Å². The van der Waals surface area contributed by atoms with Crippen molar-refractivity contribution in [2.24, 2.45) is 11.7 Å². The molecule has 0 aliphatic rings. The lowest BCUT2D eigenvalue weighted by Gasteiger charge is -2.13. The Labute approximate surface area is 79.8 Å². The molecule has 0 rings (SSSR count). The number of carbonyl (C=O) groups is 1. The van der Waals surface area contributed by atoms with Crippen LogP contribution in [0.25, 0.3) is 0 Å². The van der Waals surface area contributed by atoms with Crippen LogP contribution in [0.4, 0.5) is 0 Å². The highest BCUT2D eigenvalue weighted by molar-refractivity contribution is 5.80. The Kier molecular flexibility index (Phi) is 6.54. The average Bonchev–Trinajstić information content (AvgIpc) is 2.10. The zero-order valence-electron chi connectivity index (χ0n) is 8.67. The van der Waals surface area contributed by atoms with Crippen molar-refractivity contribution in [3.8, 4) is 0 Å². The number of hydrogen-bond acceptors (Lipinski definition) is 3. The summed E-state index contributed by atoms with van der Waals surface area (Å²) in [7, 11) is 0. The summed E-state index contributed by atoms with van der Waals surface area (Å²) in [5, 5.41) is 2.79. The molecule has 78 valence electrons. The van der Waals surface area contributed by atoms with Crippen LogP contribution < -0.4 is 11.1 Å². The second-order valence-corrected chi connectivity index (χ2v) is 3.44. The van der Waals surface area contributed by atoms with Gasteiger partial charge >= 0.3 is 0 Å². The number of nitrogens with two attached hydrogens (primary N) is 1. The minimum absolute atomic E-state index is 0.0675. The van der Waals surface area contributed by atoms with Gasteiger partial charge in [0.2, 0.25) is 5.91 Å². The fourth-order valence-corrected chi connectivity index (χ4v) is 0.769. The van der Waals surface area contributed by atoms with Gasteiger partial charge in [0.15, 0.2) is 0 Å². The summed E-state index contributed by atoms with van der Waals surface area (Å²) >= 11 is 0. The van der Waals surface area contributed by atoms with E-state index in [-0.39, 0.29) is 5.91 Å². The van der Waals surface area contributed by atoms with Gasteiger partial charge in [0, 0.05) is 13.1 Å². The second kappa shape index (κ2) is 6.86. The van der Waals surface area contributed by atoms with Gasteiger partial charge in [-0.2, -0.15) is 0 Å². The van der Waals surface area contributed by atoms with E-state index in [0.717, 1.165) is 0 Å². The lowest BCUT2D eigenvalue weighted by molar-refractivity contribution is -0.131. The topological polar surface area (TPSA) is 64.3 Å². The van der Waals surface area contributed by atoms with Crippen molar-refractivity contribution in [1.82, 2.24) is 5.32 Å². The summed E-state index contributed by atoms with van der Waals surface area (Å²) in [5.41, 5.74) is 5.24. The number of nitrogens with one attached hydrogen (secondary N) is 1. The molecule has 0 bridgehead atoms. The van der Waals surface area contributed by atoms with Crippen LogP contribution in [0.5, 0.6) is 0 Å². The van der Waals surface area contributed by atoms with Crippen LogP contribution in [0.3, 0.4) is 0 Å². The molecule has 4 nitrogen and oxygen atoms in total. The van der Waals surface area contributed by atoms with Crippen molar-refractivity contribution in [2.75, 3.05) is 19.7 Å². The molecule has 4 heteroatoms. The Bertz CT molecular complexity index is 149. The third-order valence-electron chi connectivity index (χ3n) is 1.54. The number of ether oxygens (including phenoxy) is 1. The van der Waals surface area contributed by atoms with Crippen molar-refractivity contribution in [2.45, 2.75) is 26.9 Å². The van der Waals surface area contributed by atoms with Crippen LogP contribution >= 0.6 is 0 Å². The number of rotatable bonds is 6. The number of carbonyl (C=O) groups excluding carboxylic acids is 1. The second-order valence-electron chi connectivity index (χ2n) is 3.44. The standard InChI is InChI=1S/C9H20N2O2/c1-7(2)6-11-9(12)8(3)13-5-4-10/h7-8H,4-6,10H2,1-3H3,(H,11,12). The Morgan fingerprint density at radius 2 is 2.08 bits per heavy atom. The van der Waals surface area contributed by atoms with Gasteiger partial charge in [-0.15, -0.1) is 0 Å². The minimum Gasteiger partial charge on any atom is -0.367 e. The smallest absolute Gasteiger partial charge is 0.248 e. The van der Waals surface area contributed by atoms with E-state index in [9.17, 15) is 4.79 Å². The lowest BCUT2D eigenvalue weighted by Crippen LogP contribution is -2.37. The van der Waals surface area contributed by atoms with Crippen LogP contribution in [0.1, 0.15) is 20.8 Å². The van der Waals surface area contributed by atoms with Crippen LogP contribution in [-0.4, -0.2) is 31.7 Å². The maximum Gasteiger partial charge on any atom is 0.248 e. The zero-order valence-corrected chi connectivity index (χ0v) is 8.67. The Hall–Kier alpha value is -0.610. The molecule has 0 heterocycles. The average molecular weight is 188 g/mol. The molecule has 0 aliphatic carbocycles. The molecule has 13 heavy (non-hydrogen) atoms. The van der Waals surface area contributed by atoms with E-state index in [1.54, 1.807) is 6.92 Å². The van der Waals surface area contributed by atoms with Gasteiger partial charge < -0.3 is 15.8 Å². The highest BCUT2D eigenvalue weighted by Crippen LogP contribution is 1.92. The first-order chi connectivity index (χ1) is 6.07. The van der Waals surface area contributed by atoms with E-state index in [1.165, 1.54) is 0 Å². The summed E-state index contributed by atoms with van der Waals surface area (Å²) < 4.78 is 5.15. The van der Waals surface area contributed by atoms with Gasteiger partial charge in [-0.25, -0.2) is 0 Å². The highest BCUT2D eigenvalue weighted by Gasteiger charge is 2.12. The summed E-state index contributed by atoms with van der Waals surface area (Å²) in [6.07, 6.45) is -0.401. The summed E-state index contributed by atoms with van der Waals surface area (Å²) in [6.45, 7) is 7.38. The summed E-state index contributed by atoms with van der Waals surface area (Å²) in [5.74, 6) is 0.396. The third kappa shape index (κ3) is 6.54. The Morgan fingerprint density at radius 1 is 1.46 bits per heavy atom. The van der Waals surface area contributed by atoms with E-state index in [2.05, 4.69) is 5.32 Å². The highest BCUT2D eigenvalue weighted by atomic mass is 16.5. The molecule has 0 spiro atoms. The molecule has 0 radical (unpaired) electrons. The molecule has 0 saturated heterocycles. The molecule has 1 unspecified atom stereocenters. The normalized spacial score (nSPS) is 13.0. The Balaban J connectivity index is 3.57. The molecular formula is C9H20N2O2. The van der Waals surface area contributed by atoms with Gasteiger partial charge in [0.1, 0.15) is 6.10 Å². The molecule has 1 atom stereocenters. The molecule has 3 N–H and O–H groups in total. The predicted molar refractivity (Wildman–Crippen MR) is 52.3 cm³/mol. The first-order valence-electron chi connectivity index (χ1n) is 4.67. The van der Waals surface area contributed by atoms with Crippen molar-refractivity contribution in [1.29, 1.82) is 0 Å². The van der Waals surface area contributed by atoms with Gasteiger partial charge in [0.25, 0.3) is 0 Å². The van der Waals surface area contributed by atoms with E-state index in [1.807, 2.05) is 13.8 Å². The third-order valence-corrected chi connectivity index (χ3v) is 1.54. The van der Waals surface area contributed by atoms with E-state index in [4.69, 9.17) is 10.5 Å². The summed E-state index contributed by atoms with van der Waals surface area (Å²) in [4.78, 5) is 11.3. The van der Waals surface area contributed by atoms with Gasteiger partial charge in [-0.05, 0) is 12.8 Å². The van der Waals surface area contributed by atoms with E-state index < -0.39 is 6.10 Å². The van der Waals surface area contributed by atoms with Gasteiger partial charge in [-0.3, -0.25) is 4.79 Å². The van der Waals surface area contributed by atoms with Gasteiger partial charge in [0.05, 0.1) is 6.61 Å². The minimum atomic E-state index is -0.401. The number of amides is 1. The predicted octanol–water partition coefficient (Wildman–Crippen LogP) is 0.122. The molecule has 0 aromatic carbocycles. The van der Waals surface area contributed by atoms with Crippen molar-refractivity contribution in [3.63, 3.8) is 0 Å². The quantitative estimate of drug-likeness (QED) is 0.622. The van der Waals surface area contributed by atoms with E-state index in [0.29, 0.717) is 25.6 Å². The van der Waals surface area contributed by atoms with E-state index >= 15 is 0 Å². The largest absolute Gasteiger partial charge is 0.367 e. The monoisotopic (exact) mass is 188 g/mol. The maximum absolute atomic E-state index is 11.3. The molecular weight excluding hydrogens is 168 g/mol. The molecule has 0 aliphatic heterocycles. The zero-order chi connectivity index (χ0) is 10.3. The molecule has 0 aromatic rings. The van der Waals surface area contributed by atoms with Crippen LogP contribution in [-0.2, 0) is 9.53 Å². The lowest BCUT2D eigenvalue weighted by atomic mass is 10.2. The van der Waals surface area contributed by atoms with Crippen molar-refractivity contribution in [3.05, 3.63) is 0 Å². The SMILES string of the molecule is CC(C)CNC(=O)C(C)OCCN. The number of hydrogen-bond donors (Lipinski definition) is 2. The van der Waals surface area contributed by atoms with Crippen LogP contribution in [0.15, 0.2) is 0 Å². The van der Waals surface area contributed by atoms with Crippen molar-refractivity contribution >= 4 is 5.91 Å². The Morgan fingerprint density at radius 3 is 2.54 bits per heavy atom. The molecule has 0 saturated carbocycles. The first-order valence-corrected chi connectivity index (χ1v) is 4.67.